The summed E-state index contributed by atoms with van der Waals surface area (Å²) in [6, 6.07) is 13.3. The van der Waals surface area contributed by atoms with Gasteiger partial charge in [0.15, 0.2) is 0 Å². The SMILES string of the molecule is C[N-]C(N=N)c1ccc(C2=CC3(CCNCC3)Oc3cccc(O)c32)cc1. The average Bonchev–Trinajstić information content (AvgIpc) is 2.69. The van der Waals surface area contributed by atoms with Gasteiger partial charge in [0.2, 0.25) is 0 Å². The van der Waals surface area contributed by atoms with Crippen molar-refractivity contribution in [2.45, 2.75) is 24.6 Å². The smallest absolute Gasteiger partial charge is 0.132 e. The van der Waals surface area contributed by atoms with Crippen molar-refractivity contribution in [2.24, 2.45) is 5.11 Å². The number of phenolic OH excluding ortho intramolecular Hbond substituents is 1. The first-order valence-electron chi connectivity index (χ1n) is 9.16. The highest BCUT2D eigenvalue weighted by molar-refractivity contribution is 5.87. The first-order chi connectivity index (χ1) is 13.2. The molecule has 1 unspecified atom stereocenters. The normalized spacial score (nSPS) is 18.9. The summed E-state index contributed by atoms with van der Waals surface area (Å²) in [7, 11) is 1.66. The zero-order valence-corrected chi connectivity index (χ0v) is 15.3. The summed E-state index contributed by atoms with van der Waals surface area (Å²) in [5, 5.41) is 21.5. The highest BCUT2D eigenvalue weighted by Gasteiger charge is 2.37. The standard InChI is InChI=1S/C21H23N4O2/c1-23-20(25-22)15-7-5-14(6-8-15)16-13-21(9-11-24-12-10-21)27-18-4-2-3-17(26)19(16)18/h2-8,13,20,22,24,26H,9-12H2,1H3/q-1. The van der Waals surface area contributed by atoms with Crippen LogP contribution in [0.15, 0.2) is 53.7 Å². The van der Waals surface area contributed by atoms with Crippen molar-refractivity contribution >= 4 is 5.57 Å². The fourth-order valence-corrected chi connectivity index (χ4v) is 3.90. The van der Waals surface area contributed by atoms with Gasteiger partial charge in [0.05, 0.1) is 5.56 Å². The van der Waals surface area contributed by atoms with Gasteiger partial charge in [-0.1, -0.05) is 30.3 Å². The summed E-state index contributed by atoms with van der Waals surface area (Å²) in [4.78, 5) is 0. The molecule has 1 atom stereocenters. The molecule has 0 saturated carbocycles. The summed E-state index contributed by atoms with van der Waals surface area (Å²) in [6.45, 7) is 1.81. The Morgan fingerprint density at radius 2 is 1.93 bits per heavy atom. The minimum Gasteiger partial charge on any atom is -0.638 e. The Morgan fingerprint density at radius 1 is 1.19 bits per heavy atom. The molecule has 1 fully saturated rings. The number of fused-ring (bicyclic) bond motifs is 1. The van der Waals surface area contributed by atoms with Crippen molar-refractivity contribution in [1.82, 2.24) is 5.32 Å². The second-order valence-electron chi connectivity index (χ2n) is 7.01. The average molecular weight is 363 g/mol. The van der Waals surface area contributed by atoms with Crippen molar-refractivity contribution in [3.63, 3.8) is 0 Å². The van der Waals surface area contributed by atoms with E-state index in [-0.39, 0.29) is 11.4 Å². The molecule has 4 rings (SSSR count). The number of ether oxygens (including phenoxy) is 1. The minimum absolute atomic E-state index is 0.217. The second kappa shape index (κ2) is 7.13. The molecule has 1 saturated heterocycles. The van der Waals surface area contributed by atoms with Crippen LogP contribution in [0.1, 0.15) is 35.7 Å². The number of phenols is 1. The molecule has 0 radical (unpaired) electrons. The van der Waals surface area contributed by atoms with Gasteiger partial charge in [-0.05, 0) is 48.0 Å². The van der Waals surface area contributed by atoms with Crippen LogP contribution in [-0.4, -0.2) is 30.8 Å². The molecule has 3 N–H and O–H groups in total. The molecular formula is C21H23N4O2-. The van der Waals surface area contributed by atoms with Gasteiger partial charge >= 0.3 is 0 Å². The lowest BCUT2D eigenvalue weighted by atomic mass is 9.83. The van der Waals surface area contributed by atoms with E-state index in [1.165, 1.54) is 0 Å². The van der Waals surface area contributed by atoms with Crippen molar-refractivity contribution in [3.05, 3.63) is 70.5 Å². The number of nitrogens with one attached hydrogen (secondary N) is 2. The first-order valence-corrected chi connectivity index (χ1v) is 9.16. The van der Waals surface area contributed by atoms with E-state index in [2.05, 4.69) is 21.8 Å². The summed E-state index contributed by atoms with van der Waals surface area (Å²) in [6.07, 6.45) is 3.47. The fraction of sp³-hybridized carbons (Fsp3) is 0.333. The van der Waals surface area contributed by atoms with Crippen molar-refractivity contribution < 1.29 is 9.84 Å². The fourth-order valence-electron chi connectivity index (χ4n) is 3.90. The predicted octanol–water partition coefficient (Wildman–Crippen LogP) is 4.37. The van der Waals surface area contributed by atoms with Crippen LogP contribution >= 0.6 is 0 Å². The van der Waals surface area contributed by atoms with E-state index in [4.69, 9.17) is 10.3 Å². The number of nitrogens with zero attached hydrogens (tertiary/aromatic N) is 2. The van der Waals surface area contributed by atoms with Crippen LogP contribution in [0, 0.1) is 5.53 Å². The molecule has 2 aliphatic rings. The number of aromatic hydroxyl groups is 1. The van der Waals surface area contributed by atoms with Gasteiger partial charge in [-0.3, -0.25) is 0 Å². The van der Waals surface area contributed by atoms with E-state index in [0.717, 1.165) is 53.9 Å². The third-order valence-corrected chi connectivity index (χ3v) is 5.33. The Morgan fingerprint density at radius 3 is 2.59 bits per heavy atom. The van der Waals surface area contributed by atoms with Gasteiger partial charge in [0.25, 0.3) is 0 Å². The van der Waals surface area contributed by atoms with Gasteiger partial charge < -0.3 is 20.5 Å². The van der Waals surface area contributed by atoms with Crippen molar-refractivity contribution in [1.29, 1.82) is 5.53 Å². The molecule has 0 bridgehead atoms. The third kappa shape index (κ3) is 3.22. The van der Waals surface area contributed by atoms with Gasteiger partial charge in [0.1, 0.15) is 17.1 Å². The topological polar surface area (TPSA) is 91.8 Å². The Bertz CT molecular complexity index is 870. The molecule has 27 heavy (non-hydrogen) atoms. The number of hydrogen-bond acceptors (Lipinski definition) is 5. The van der Waals surface area contributed by atoms with Gasteiger partial charge in [-0.2, -0.15) is 7.05 Å². The van der Waals surface area contributed by atoms with Crippen LogP contribution in [0.5, 0.6) is 11.5 Å². The molecule has 2 aromatic rings. The molecule has 0 aromatic heterocycles. The summed E-state index contributed by atoms with van der Waals surface area (Å²) in [5.74, 6) is 0.940. The quantitative estimate of drug-likeness (QED) is 0.704. The van der Waals surface area contributed by atoms with E-state index in [1.807, 2.05) is 36.4 Å². The Hall–Kier alpha value is -2.70. The maximum atomic E-state index is 10.5. The first kappa shape index (κ1) is 17.7. The van der Waals surface area contributed by atoms with Crippen LogP contribution in [0.3, 0.4) is 0 Å². The zero-order valence-electron chi connectivity index (χ0n) is 15.3. The maximum Gasteiger partial charge on any atom is 0.132 e. The summed E-state index contributed by atoms with van der Waals surface area (Å²) in [5.41, 5.74) is 10.5. The van der Waals surface area contributed by atoms with Crippen molar-refractivity contribution in [3.8, 4) is 11.5 Å². The van der Waals surface area contributed by atoms with Crippen LogP contribution < -0.4 is 10.1 Å². The van der Waals surface area contributed by atoms with Crippen molar-refractivity contribution in [2.75, 3.05) is 20.1 Å². The van der Waals surface area contributed by atoms with Crippen LogP contribution in [0.25, 0.3) is 10.9 Å². The molecule has 1 spiro atoms. The van der Waals surface area contributed by atoms with E-state index < -0.39 is 6.17 Å². The number of benzene rings is 2. The molecule has 140 valence electrons. The lowest BCUT2D eigenvalue weighted by molar-refractivity contribution is 0.0813. The zero-order chi connectivity index (χ0) is 18.9. The Kier molecular flexibility index (Phi) is 4.68. The predicted molar refractivity (Wildman–Crippen MR) is 104 cm³/mol. The van der Waals surface area contributed by atoms with Gasteiger partial charge in [0, 0.05) is 19.0 Å². The molecule has 2 aliphatic heterocycles. The third-order valence-electron chi connectivity index (χ3n) is 5.33. The monoisotopic (exact) mass is 363 g/mol. The minimum atomic E-state index is -0.473. The molecule has 0 aliphatic carbocycles. The highest BCUT2D eigenvalue weighted by Crippen LogP contribution is 2.46. The lowest BCUT2D eigenvalue weighted by Crippen LogP contribution is -2.46. The molecule has 6 heteroatoms. The van der Waals surface area contributed by atoms with Crippen LogP contribution in [-0.2, 0) is 0 Å². The largest absolute Gasteiger partial charge is 0.638 e. The Labute approximate surface area is 158 Å². The van der Waals surface area contributed by atoms with Crippen LogP contribution in [0.4, 0.5) is 0 Å². The Balaban J connectivity index is 1.80. The lowest BCUT2D eigenvalue weighted by Gasteiger charge is -2.40. The van der Waals surface area contributed by atoms with Crippen LogP contribution in [0.2, 0.25) is 0 Å². The van der Waals surface area contributed by atoms with E-state index in [9.17, 15) is 5.11 Å². The maximum absolute atomic E-state index is 10.5. The number of rotatable bonds is 4. The molecule has 6 nitrogen and oxygen atoms in total. The number of hydrogen-bond donors (Lipinski definition) is 3. The molecule has 2 heterocycles. The second-order valence-corrected chi connectivity index (χ2v) is 7.01. The summed E-state index contributed by atoms with van der Waals surface area (Å²) >= 11 is 0. The summed E-state index contributed by atoms with van der Waals surface area (Å²) < 4.78 is 6.36. The van der Waals surface area contributed by atoms with Gasteiger partial charge in [-0.15, -0.1) is 0 Å². The number of piperidine rings is 1. The van der Waals surface area contributed by atoms with E-state index >= 15 is 0 Å². The molecule has 0 amide bonds. The highest BCUT2D eigenvalue weighted by atomic mass is 16.5. The van der Waals surface area contributed by atoms with E-state index in [1.54, 1.807) is 13.1 Å². The molecular weight excluding hydrogens is 340 g/mol. The molecule has 2 aromatic carbocycles. The van der Waals surface area contributed by atoms with Gasteiger partial charge in [-0.25, -0.2) is 10.6 Å². The van der Waals surface area contributed by atoms with E-state index in [0.29, 0.717) is 0 Å².